The molecule has 0 aliphatic carbocycles. The Bertz CT molecular complexity index is 2010. The maximum absolute atomic E-state index is 9.13. The number of halogens is 1. The molecule has 216 valence electrons. The van der Waals surface area contributed by atoms with E-state index in [1.807, 2.05) is 65.2 Å². The van der Waals surface area contributed by atoms with Gasteiger partial charge >= 0.3 is 0 Å². The first-order chi connectivity index (χ1) is 21.6. The Balaban J connectivity index is 1.17. The number of rotatable bonds is 6. The van der Waals surface area contributed by atoms with E-state index in [9.17, 15) is 0 Å². The predicted molar refractivity (Wildman–Crippen MR) is 171 cm³/mol. The zero-order valence-electron chi connectivity index (χ0n) is 23.7. The van der Waals surface area contributed by atoms with Gasteiger partial charge in [-0.3, -0.25) is 9.47 Å². The molecule has 10 nitrogen and oxygen atoms in total. The molecule has 7 rings (SSSR count). The molecule has 0 amide bonds. The summed E-state index contributed by atoms with van der Waals surface area (Å²) in [4.78, 5) is 27.2. The summed E-state index contributed by atoms with van der Waals surface area (Å²) in [5.41, 5.74) is 12.4. The summed E-state index contributed by atoms with van der Waals surface area (Å²) in [6.45, 7) is 4.27. The fourth-order valence-corrected chi connectivity index (χ4v) is 5.71. The van der Waals surface area contributed by atoms with Crippen molar-refractivity contribution in [3.63, 3.8) is 0 Å². The van der Waals surface area contributed by atoms with Gasteiger partial charge in [0.25, 0.3) is 0 Å². The minimum Gasteiger partial charge on any atom is -0.383 e. The number of piperazine rings is 1. The van der Waals surface area contributed by atoms with Crippen LogP contribution >= 0.6 is 11.6 Å². The maximum Gasteiger partial charge on any atom is 0.234 e. The van der Waals surface area contributed by atoms with E-state index in [0.29, 0.717) is 22.3 Å². The number of hydrogen-bond acceptors (Lipinski definition) is 9. The molecule has 11 heteroatoms. The number of fused-ring (bicyclic) bond motifs is 1. The number of imidazole rings is 1. The van der Waals surface area contributed by atoms with Gasteiger partial charge in [-0.2, -0.15) is 5.26 Å². The quantitative estimate of drug-likeness (QED) is 0.269. The smallest absolute Gasteiger partial charge is 0.234 e. The Morgan fingerprint density at radius 3 is 2.45 bits per heavy atom. The minimum atomic E-state index is 0.195. The van der Waals surface area contributed by atoms with Crippen LogP contribution in [0.25, 0.3) is 39.5 Å². The van der Waals surface area contributed by atoms with Crippen LogP contribution in [-0.4, -0.2) is 60.6 Å². The molecule has 1 aliphatic rings. The number of nitrogen functional groups attached to an aromatic ring is 1. The largest absolute Gasteiger partial charge is 0.383 e. The summed E-state index contributed by atoms with van der Waals surface area (Å²) in [5.74, 6) is 2.07. The lowest BCUT2D eigenvalue weighted by atomic mass is 10.1. The zero-order chi connectivity index (χ0) is 30.0. The van der Waals surface area contributed by atoms with Crippen LogP contribution in [0.15, 0.2) is 91.3 Å². The van der Waals surface area contributed by atoms with Crippen LogP contribution in [0.5, 0.6) is 0 Å². The number of aromatic nitrogens is 6. The molecule has 0 unspecified atom stereocenters. The topological polar surface area (TPSA) is 126 Å². The Morgan fingerprint density at radius 1 is 0.841 bits per heavy atom. The molecular formula is C33H27ClN10. The first-order valence-corrected chi connectivity index (χ1v) is 14.6. The van der Waals surface area contributed by atoms with Crippen molar-refractivity contribution in [2.45, 2.75) is 6.54 Å². The Morgan fingerprint density at radius 2 is 1.68 bits per heavy atom. The van der Waals surface area contributed by atoms with E-state index in [-0.39, 0.29) is 5.82 Å². The third-order valence-corrected chi connectivity index (χ3v) is 7.98. The fraction of sp³-hybridized carbons (Fsp3) is 0.152. The number of nitriles is 1. The van der Waals surface area contributed by atoms with E-state index in [1.165, 1.54) is 5.56 Å². The lowest BCUT2D eigenvalue weighted by Crippen LogP contribution is -2.46. The molecule has 6 aromatic rings. The third-order valence-electron chi connectivity index (χ3n) is 7.74. The highest BCUT2D eigenvalue weighted by Gasteiger charge is 2.21. The lowest BCUT2D eigenvalue weighted by Gasteiger charge is -2.35. The lowest BCUT2D eigenvalue weighted by molar-refractivity contribution is 0.249. The van der Waals surface area contributed by atoms with Crippen molar-refractivity contribution in [2.24, 2.45) is 0 Å². The second-order valence-corrected chi connectivity index (χ2v) is 11.0. The molecule has 2 aromatic carbocycles. The molecule has 1 aliphatic heterocycles. The van der Waals surface area contributed by atoms with Crippen molar-refractivity contribution in [2.75, 3.05) is 36.8 Å². The number of pyridine rings is 2. The predicted octanol–water partition coefficient (Wildman–Crippen LogP) is 5.37. The molecule has 44 heavy (non-hydrogen) atoms. The summed E-state index contributed by atoms with van der Waals surface area (Å²) < 4.78 is 2.04. The summed E-state index contributed by atoms with van der Waals surface area (Å²) in [6.07, 6.45) is 3.31. The van der Waals surface area contributed by atoms with Crippen LogP contribution in [0.2, 0.25) is 5.02 Å². The van der Waals surface area contributed by atoms with Crippen LogP contribution in [0.3, 0.4) is 0 Å². The second-order valence-electron chi connectivity index (χ2n) is 10.5. The van der Waals surface area contributed by atoms with Crippen molar-refractivity contribution < 1.29 is 0 Å². The van der Waals surface area contributed by atoms with Crippen LogP contribution < -0.4 is 10.6 Å². The van der Waals surface area contributed by atoms with Gasteiger partial charge in [0, 0.05) is 61.4 Å². The van der Waals surface area contributed by atoms with Gasteiger partial charge in [-0.25, -0.2) is 24.9 Å². The van der Waals surface area contributed by atoms with Gasteiger partial charge in [0.15, 0.2) is 11.5 Å². The van der Waals surface area contributed by atoms with Crippen molar-refractivity contribution in [1.29, 1.82) is 5.26 Å². The third kappa shape index (κ3) is 5.42. The van der Waals surface area contributed by atoms with E-state index in [0.717, 1.165) is 66.6 Å². The average molecular weight is 599 g/mol. The molecule has 1 saturated heterocycles. The van der Waals surface area contributed by atoms with Crippen molar-refractivity contribution >= 4 is 34.4 Å². The molecule has 0 bridgehead atoms. The van der Waals surface area contributed by atoms with Gasteiger partial charge in [-0.05, 0) is 60.2 Å². The van der Waals surface area contributed by atoms with Crippen molar-refractivity contribution in [3.05, 3.63) is 108 Å². The average Bonchev–Trinajstić information content (AvgIpc) is 3.44. The second kappa shape index (κ2) is 11.7. The SMILES string of the molecule is N#Cc1nccc(N2CCN(Cc3ccc(-n4c(-c5cccnc5N)nc5ccc(-c6cccc(Cl)c6)nc54)cc3)CC2)n1. The monoisotopic (exact) mass is 598 g/mol. The van der Waals surface area contributed by atoms with Gasteiger partial charge in [-0.1, -0.05) is 35.9 Å². The van der Waals surface area contributed by atoms with Gasteiger partial charge < -0.3 is 10.6 Å². The molecule has 0 saturated carbocycles. The highest BCUT2D eigenvalue weighted by molar-refractivity contribution is 6.30. The first kappa shape index (κ1) is 27.5. The number of nitrogens with zero attached hydrogens (tertiary/aromatic N) is 9. The molecule has 0 spiro atoms. The van der Waals surface area contributed by atoms with Crippen LogP contribution in [0, 0.1) is 11.3 Å². The van der Waals surface area contributed by atoms with Crippen LogP contribution in [-0.2, 0) is 6.54 Å². The van der Waals surface area contributed by atoms with Crippen molar-refractivity contribution in [1.82, 2.24) is 34.4 Å². The van der Waals surface area contributed by atoms with Crippen LogP contribution in [0.1, 0.15) is 11.4 Å². The highest BCUT2D eigenvalue weighted by Crippen LogP contribution is 2.32. The summed E-state index contributed by atoms with van der Waals surface area (Å²) in [5, 5.41) is 9.78. The van der Waals surface area contributed by atoms with Crippen LogP contribution in [0.4, 0.5) is 11.6 Å². The first-order valence-electron chi connectivity index (χ1n) is 14.2. The molecular weight excluding hydrogens is 572 g/mol. The number of anilines is 2. The maximum atomic E-state index is 9.13. The van der Waals surface area contributed by atoms with Crippen molar-refractivity contribution in [3.8, 4) is 34.4 Å². The summed E-state index contributed by atoms with van der Waals surface area (Å²) in [7, 11) is 0. The van der Waals surface area contributed by atoms with Gasteiger partial charge in [-0.15, -0.1) is 0 Å². The molecule has 2 N–H and O–H groups in total. The van der Waals surface area contributed by atoms with E-state index >= 15 is 0 Å². The Hall–Kier alpha value is -5.37. The summed E-state index contributed by atoms with van der Waals surface area (Å²) >= 11 is 6.29. The van der Waals surface area contributed by atoms with Gasteiger partial charge in [0.2, 0.25) is 5.82 Å². The van der Waals surface area contributed by atoms with Gasteiger partial charge in [0.05, 0.1) is 11.3 Å². The normalized spacial score (nSPS) is 13.7. The molecule has 4 aromatic heterocycles. The molecule has 0 radical (unpaired) electrons. The fourth-order valence-electron chi connectivity index (χ4n) is 5.52. The van der Waals surface area contributed by atoms with E-state index in [4.69, 9.17) is 32.6 Å². The zero-order valence-corrected chi connectivity index (χ0v) is 24.4. The van der Waals surface area contributed by atoms with E-state index in [2.05, 4.69) is 49.0 Å². The number of hydrogen-bond donors (Lipinski definition) is 1. The van der Waals surface area contributed by atoms with E-state index < -0.39 is 0 Å². The minimum absolute atomic E-state index is 0.195. The number of nitrogens with two attached hydrogens (primary N) is 1. The standard InChI is InChI=1S/C33H27ClN10/c34-24-4-1-3-23(19-24)27-10-11-28-33(39-27)44(32(40-28)26-5-2-13-38-31(26)36)25-8-6-22(7-9-25)21-42-15-17-43(18-16-42)30-12-14-37-29(20-35)41-30/h1-14,19H,15-18,21H2,(H2,36,38). The Labute approximate surface area is 259 Å². The van der Waals surface area contributed by atoms with Gasteiger partial charge in [0.1, 0.15) is 23.2 Å². The molecule has 5 heterocycles. The highest BCUT2D eigenvalue weighted by atomic mass is 35.5. The summed E-state index contributed by atoms with van der Waals surface area (Å²) in [6, 6.07) is 27.7. The molecule has 1 fully saturated rings. The Kier molecular flexibility index (Phi) is 7.32. The molecule has 0 atom stereocenters. The number of benzene rings is 2. The van der Waals surface area contributed by atoms with E-state index in [1.54, 1.807) is 12.4 Å².